The Morgan fingerprint density at radius 1 is 1.29 bits per heavy atom. The van der Waals surface area contributed by atoms with Gasteiger partial charge in [-0.3, -0.25) is 0 Å². The van der Waals surface area contributed by atoms with Crippen LogP contribution in [0, 0.1) is 12.3 Å². The van der Waals surface area contributed by atoms with Crippen molar-refractivity contribution in [2.24, 2.45) is 0 Å². The number of ether oxygens (including phenoxy) is 1. The first-order chi connectivity index (χ1) is 6.59. The first-order valence-electron chi connectivity index (χ1n) is 5.40. The second-order valence-corrected chi connectivity index (χ2v) is 5.86. The van der Waals surface area contributed by atoms with Gasteiger partial charge in [0, 0.05) is 10.2 Å². The van der Waals surface area contributed by atoms with E-state index < -0.39 is 0 Å². The summed E-state index contributed by atoms with van der Waals surface area (Å²) in [5, 5.41) is 1.35. The predicted octanol–water partition coefficient (Wildman–Crippen LogP) is 1.96. The molecule has 1 saturated carbocycles. The van der Waals surface area contributed by atoms with E-state index in [1.54, 1.807) is 0 Å². The van der Waals surface area contributed by atoms with Crippen LogP contribution < -0.4 is 0 Å². The van der Waals surface area contributed by atoms with Gasteiger partial charge in [0.25, 0.3) is 0 Å². The highest BCUT2D eigenvalue weighted by atomic mass is 28.1. The van der Waals surface area contributed by atoms with Crippen molar-refractivity contribution in [2.75, 3.05) is 0 Å². The lowest BCUT2D eigenvalue weighted by Crippen LogP contribution is -2.32. The van der Waals surface area contributed by atoms with Crippen molar-refractivity contribution in [2.45, 2.75) is 51.6 Å². The summed E-state index contributed by atoms with van der Waals surface area (Å²) in [6.07, 6.45) is 11.4. The molecular weight excluding hydrogens is 188 g/mol. The van der Waals surface area contributed by atoms with Gasteiger partial charge in [-0.25, -0.2) is 0 Å². The molecule has 0 spiro atoms. The van der Waals surface area contributed by atoms with Crippen LogP contribution in [0.4, 0.5) is 0 Å². The van der Waals surface area contributed by atoms with E-state index in [1.165, 1.54) is 24.5 Å². The van der Waals surface area contributed by atoms with Gasteiger partial charge in [0.05, 0.1) is 5.76 Å². The van der Waals surface area contributed by atoms with Crippen molar-refractivity contribution in [1.29, 1.82) is 0 Å². The maximum absolute atomic E-state index is 5.97. The molecule has 0 saturated heterocycles. The van der Waals surface area contributed by atoms with E-state index in [0.29, 0.717) is 0 Å². The third kappa shape index (κ3) is 2.65. The smallest absolute Gasteiger partial charge is 0.168 e. The molecule has 78 valence electrons. The summed E-state index contributed by atoms with van der Waals surface area (Å²) >= 11 is 0. The number of terminal acetylenes is 1. The summed E-state index contributed by atoms with van der Waals surface area (Å²) in [4.78, 5) is 0. The molecule has 1 aliphatic carbocycles. The van der Waals surface area contributed by atoms with Crippen molar-refractivity contribution in [1.82, 2.24) is 0 Å². The first-order valence-corrected chi connectivity index (χ1v) is 6.40. The third-order valence-electron chi connectivity index (χ3n) is 2.98. The number of hydrogen-bond acceptors (Lipinski definition) is 1. The fourth-order valence-electron chi connectivity index (χ4n) is 1.79. The van der Waals surface area contributed by atoms with Crippen LogP contribution in [-0.2, 0) is 4.74 Å². The number of rotatable bonds is 2. The second kappa shape index (κ2) is 4.70. The molecule has 0 aromatic rings. The lowest BCUT2D eigenvalue weighted by atomic mass is 9.85. The van der Waals surface area contributed by atoms with E-state index in [0.717, 1.165) is 28.8 Å². The maximum atomic E-state index is 5.97. The fraction of sp³-hybridized carbons (Fsp3) is 0.667. The first kappa shape index (κ1) is 11.4. The SMILES string of the molecule is C#CC1(OC(C)=C(C)[SiH3])CCCCC1. The molecule has 0 N–H and O–H groups in total. The summed E-state index contributed by atoms with van der Waals surface area (Å²) in [5.74, 6) is 3.91. The van der Waals surface area contributed by atoms with Crippen LogP contribution in [-0.4, -0.2) is 15.8 Å². The van der Waals surface area contributed by atoms with Crippen molar-refractivity contribution in [3.8, 4) is 12.3 Å². The summed E-state index contributed by atoms with van der Waals surface area (Å²) < 4.78 is 5.97. The zero-order valence-corrected chi connectivity index (χ0v) is 11.5. The van der Waals surface area contributed by atoms with Crippen LogP contribution in [0.1, 0.15) is 46.0 Å². The molecule has 0 heterocycles. The highest BCUT2D eigenvalue weighted by Gasteiger charge is 2.31. The van der Waals surface area contributed by atoms with E-state index in [4.69, 9.17) is 11.2 Å². The van der Waals surface area contributed by atoms with Gasteiger partial charge in [0.1, 0.15) is 0 Å². The summed E-state index contributed by atoms with van der Waals surface area (Å²) in [7, 11) is 1.06. The second-order valence-electron chi connectivity index (χ2n) is 4.36. The van der Waals surface area contributed by atoms with Crippen molar-refractivity contribution >= 4 is 10.2 Å². The lowest BCUT2D eigenvalue weighted by molar-refractivity contribution is 0.0218. The molecule has 0 radical (unpaired) electrons. The Labute approximate surface area is 90.3 Å². The number of allylic oxidation sites excluding steroid dienone is 2. The molecule has 1 aliphatic rings. The van der Waals surface area contributed by atoms with Gasteiger partial charge >= 0.3 is 0 Å². The molecular formula is C12H20OSi. The van der Waals surface area contributed by atoms with Gasteiger partial charge in [-0.05, 0) is 39.5 Å². The molecule has 0 bridgehead atoms. The van der Waals surface area contributed by atoms with Gasteiger partial charge in [0.2, 0.25) is 0 Å². The minimum absolute atomic E-state index is 0.284. The largest absolute Gasteiger partial charge is 0.480 e. The highest BCUT2D eigenvalue weighted by Crippen LogP contribution is 2.33. The van der Waals surface area contributed by atoms with Crippen LogP contribution in [0.5, 0.6) is 0 Å². The van der Waals surface area contributed by atoms with Gasteiger partial charge in [-0.15, -0.1) is 6.42 Å². The topological polar surface area (TPSA) is 9.23 Å². The normalized spacial score (nSPS) is 22.4. The monoisotopic (exact) mass is 208 g/mol. The minimum Gasteiger partial charge on any atom is -0.480 e. The van der Waals surface area contributed by atoms with Crippen LogP contribution >= 0.6 is 0 Å². The number of hydrogen-bond donors (Lipinski definition) is 0. The fourth-order valence-corrected chi connectivity index (χ4v) is 1.90. The van der Waals surface area contributed by atoms with Crippen LogP contribution in [0.2, 0.25) is 0 Å². The molecule has 1 nitrogen and oxygen atoms in total. The Morgan fingerprint density at radius 3 is 2.29 bits per heavy atom. The van der Waals surface area contributed by atoms with Crippen molar-refractivity contribution < 1.29 is 4.74 Å². The minimum atomic E-state index is -0.284. The van der Waals surface area contributed by atoms with E-state index in [1.807, 2.05) is 6.92 Å². The van der Waals surface area contributed by atoms with E-state index in [-0.39, 0.29) is 5.60 Å². The van der Waals surface area contributed by atoms with Crippen molar-refractivity contribution in [3.63, 3.8) is 0 Å². The summed E-state index contributed by atoms with van der Waals surface area (Å²) in [6.45, 7) is 4.16. The zero-order chi connectivity index (χ0) is 10.6. The zero-order valence-electron chi connectivity index (χ0n) is 9.52. The Balaban J connectivity index is 2.72. The van der Waals surface area contributed by atoms with Gasteiger partial charge in [-0.1, -0.05) is 17.5 Å². The van der Waals surface area contributed by atoms with Crippen LogP contribution in [0.15, 0.2) is 11.0 Å². The van der Waals surface area contributed by atoms with Gasteiger partial charge in [-0.2, -0.15) is 0 Å². The van der Waals surface area contributed by atoms with E-state index >= 15 is 0 Å². The molecule has 14 heavy (non-hydrogen) atoms. The molecule has 0 amide bonds. The third-order valence-corrected chi connectivity index (χ3v) is 3.68. The van der Waals surface area contributed by atoms with Gasteiger partial charge < -0.3 is 4.74 Å². The maximum Gasteiger partial charge on any atom is 0.168 e. The lowest BCUT2D eigenvalue weighted by Gasteiger charge is -2.33. The Hall–Kier alpha value is -0.683. The summed E-state index contributed by atoms with van der Waals surface area (Å²) in [6, 6.07) is 0. The van der Waals surface area contributed by atoms with E-state index in [9.17, 15) is 0 Å². The summed E-state index contributed by atoms with van der Waals surface area (Å²) in [5.41, 5.74) is -0.284. The quantitative estimate of drug-likeness (QED) is 0.383. The Kier molecular flexibility index (Phi) is 3.83. The van der Waals surface area contributed by atoms with Crippen LogP contribution in [0.3, 0.4) is 0 Å². The molecule has 0 atom stereocenters. The van der Waals surface area contributed by atoms with Gasteiger partial charge in [0.15, 0.2) is 5.60 Å². The molecule has 1 rings (SSSR count). The van der Waals surface area contributed by atoms with E-state index in [2.05, 4.69) is 12.8 Å². The molecule has 0 aliphatic heterocycles. The Bertz CT molecular complexity index is 263. The Morgan fingerprint density at radius 2 is 1.86 bits per heavy atom. The molecule has 2 heteroatoms. The van der Waals surface area contributed by atoms with Crippen molar-refractivity contribution in [3.05, 3.63) is 11.0 Å². The average molecular weight is 208 g/mol. The highest BCUT2D eigenvalue weighted by molar-refractivity contribution is 6.21. The predicted molar refractivity (Wildman–Crippen MR) is 64.0 cm³/mol. The van der Waals surface area contributed by atoms with Crippen LogP contribution in [0.25, 0.3) is 0 Å². The molecule has 0 aromatic carbocycles. The molecule has 0 aromatic heterocycles. The molecule has 0 unspecified atom stereocenters. The average Bonchev–Trinajstić information content (AvgIpc) is 2.19. The molecule has 1 fully saturated rings. The standard InChI is InChI=1S/C12H20OSi/c1-4-12(8-6-5-7-9-12)13-10(2)11(3)14/h1H,5-9H2,2-3,14H3.